The number of hydrogen-bond donors (Lipinski definition) is 2. The Morgan fingerprint density at radius 3 is 3.12 bits per heavy atom. The van der Waals surface area contributed by atoms with Gasteiger partial charge in [-0.1, -0.05) is 13.8 Å². The number of benzene rings is 1. The zero-order valence-electron chi connectivity index (χ0n) is 15.1. The number of aryl methyl sites for hydroxylation is 1. The Hall–Kier alpha value is -1.59. The minimum atomic E-state index is 0.0958. The second kappa shape index (κ2) is 6.61. The van der Waals surface area contributed by atoms with Gasteiger partial charge in [-0.15, -0.1) is 0 Å². The van der Waals surface area contributed by atoms with Gasteiger partial charge >= 0.3 is 0 Å². The first-order chi connectivity index (χ1) is 12.1. The third-order valence-corrected chi connectivity index (χ3v) is 6.04. The van der Waals surface area contributed by atoms with Crippen LogP contribution in [0.3, 0.4) is 0 Å². The number of ether oxygens (including phenoxy) is 2. The summed E-state index contributed by atoms with van der Waals surface area (Å²) in [6.45, 7) is 7.01. The monoisotopic (exact) mass is 344 g/mol. The molecule has 2 heterocycles. The van der Waals surface area contributed by atoms with E-state index in [1.807, 2.05) is 18.2 Å². The number of anilines is 1. The average Bonchev–Trinajstić information content (AvgIpc) is 2.61. The maximum atomic E-state index is 11.4. The summed E-state index contributed by atoms with van der Waals surface area (Å²) in [6.07, 6.45) is 4.20. The van der Waals surface area contributed by atoms with Gasteiger partial charge in [0, 0.05) is 42.6 Å². The quantitative estimate of drug-likeness (QED) is 0.807. The van der Waals surface area contributed by atoms with Crippen molar-refractivity contribution in [1.82, 2.24) is 5.32 Å². The molecule has 5 nitrogen and oxygen atoms in total. The highest BCUT2D eigenvalue weighted by atomic mass is 16.5. The van der Waals surface area contributed by atoms with Crippen molar-refractivity contribution in [2.45, 2.75) is 51.7 Å². The molecular weight excluding hydrogens is 316 g/mol. The first-order valence-electron chi connectivity index (χ1n) is 9.46. The molecule has 2 N–H and O–H groups in total. The molecular formula is C20H28N2O3. The lowest BCUT2D eigenvalue weighted by Crippen LogP contribution is -2.69. The summed E-state index contributed by atoms with van der Waals surface area (Å²) in [5.74, 6) is 1.62. The van der Waals surface area contributed by atoms with E-state index in [2.05, 4.69) is 24.5 Å². The van der Waals surface area contributed by atoms with E-state index in [1.54, 1.807) is 0 Å². The Morgan fingerprint density at radius 1 is 1.36 bits per heavy atom. The third kappa shape index (κ3) is 3.15. The summed E-state index contributed by atoms with van der Waals surface area (Å²) in [5, 5.41) is 6.59. The Kier molecular flexibility index (Phi) is 4.46. The van der Waals surface area contributed by atoms with E-state index in [0.717, 1.165) is 36.6 Å². The highest BCUT2D eigenvalue weighted by Gasteiger charge is 2.57. The van der Waals surface area contributed by atoms with Crippen molar-refractivity contribution in [2.24, 2.45) is 11.3 Å². The van der Waals surface area contributed by atoms with Crippen LogP contribution in [0.4, 0.5) is 5.69 Å². The Balaban J connectivity index is 1.27. The van der Waals surface area contributed by atoms with Gasteiger partial charge in [0.1, 0.15) is 12.4 Å². The Labute approximate surface area is 149 Å². The van der Waals surface area contributed by atoms with Gasteiger partial charge in [0.25, 0.3) is 0 Å². The summed E-state index contributed by atoms with van der Waals surface area (Å²) in [6, 6.07) is 6.43. The molecule has 3 unspecified atom stereocenters. The van der Waals surface area contributed by atoms with Crippen molar-refractivity contribution in [2.75, 3.05) is 25.1 Å². The number of nitrogens with one attached hydrogen (secondary N) is 2. The molecule has 2 aliphatic heterocycles. The van der Waals surface area contributed by atoms with Crippen LogP contribution in [0.1, 0.15) is 38.7 Å². The lowest BCUT2D eigenvalue weighted by atomic mass is 9.55. The zero-order chi connectivity index (χ0) is 17.4. The van der Waals surface area contributed by atoms with Crippen molar-refractivity contribution in [1.29, 1.82) is 0 Å². The molecule has 4 rings (SSSR count). The molecule has 136 valence electrons. The average molecular weight is 344 g/mol. The largest absolute Gasteiger partial charge is 0.492 e. The first kappa shape index (κ1) is 16.9. The van der Waals surface area contributed by atoms with Crippen molar-refractivity contribution in [3.63, 3.8) is 0 Å². The van der Waals surface area contributed by atoms with Crippen LogP contribution in [0, 0.1) is 11.3 Å². The zero-order valence-corrected chi connectivity index (χ0v) is 15.1. The van der Waals surface area contributed by atoms with Crippen LogP contribution in [0.15, 0.2) is 18.2 Å². The molecule has 3 atom stereocenters. The van der Waals surface area contributed by atoms with Gasteiger partial charge in [-0.05, 0) is 43.0 Å². The van der Waals surface area contributed by atoms with E-state index in [1.165, 1.54) is 12.8 Å². The predicted molar refractivity (Wildman–Crippen MR) is 96.9 cm³/mol. The van der Waals surface area contributed by atoms with Gasteiger partial charge in [0.05, 0.1) is 6.10 Å². The SMILES string of the molecule is CC1(C)C(NCCOc2ccc3c(c2)CCC(=O)N3)C2CCCOC21. The van der Waals surface area contributed by atoms with E-state index < -0.39 is 0 Å². The third-order valence-electron chi connectivity index (χ3n) is 6.04. The second-order valence-electron chi connectivity index (χ2n) is 8.07. The molecule has 1 amide bonds. The summed E-state index contributed by atoms with van der Waals surface area (Å²) in [4.78, 5) is 11.4. The maximum absolute atomic E-state index is 11.4. The molecule has 0 bridgehead atoms. The number of fused-ring (bicyclic) bond motifs is 2. The van der Waals surface area contributed by atoms with Gasteiger partial charge in [0.15, 0.2) is 0 Å². The number of rotatable bonds is 5. The fourth-order valence-electron chi connectivity index (χ4n) is 4.77. The van der Waals surface area contributed by atoms with Crippen LogP contribution in [0.25, 0.3) is 0 Å². The molecule has 3 aliphatic rings. The molecule has 1 saturated carbocycles. The molecule has 1 aliphatic carbocycles. The number of carbonyl (C=O) groups is 1. The summed E-state index contributed by atoms with van der Waals surface area (Å²) < 4.78 is 11.9. The normalized spacial score (nSPS) is 29.8. The van der Waals surface area contributed by atoms with Gasteiger partial charge < -0.3 is 20.1 Å². The van der Waals surface area contributed by atoms with Crippen molar-refractivity contribution in [3.8, 4) is 5.75 Å². The van der Waals surface area contributed by atoms with Crippen molar-refractivity contribution < 1.29 is 14.3 Å². The van der Waals surface area contributed by atoms with Crippen LogP contribution in [-0.4, -0.2) is 37.8 Å². The minimum absolute atomic E-state index is 0.0958. The molecule has 0 spiro atoms. The van der Waals surface area contributed by atoms with Gasteiger partial charge in [-0.3, -0.25) is 4.79 Å². The molecule has 2 fully saturated rings. The molecule has 25 heavy (non-hydrogen) atoms. The summed E-state index contributed by atoms with van der Waals surface area (Å²) >= 11 is 0. The Morgan fingerprint density at radius 2 is 2.24 bits per heavy atom. The van der Waals surface area contributed by atoms with Gasteiger partial charge in [-0.2, -0.15) is 0 Å². The first-order valence-corrected chi connectivity index (χ1v) is 9.46. The van der Waals surface area contributed by atoms with Gasteiger partial charge in [0.2, 0.25) is 5.91 Å². The van der Waals surface area contributed by atoms with Crippen LogP contribution in [0.2, 0.25) is 0 Å². The van der Waals surface area contributed by atoms with E-state index in [-0.39, 0.29) is 11.3 Å². The molecule has 1 aromatic carbocycles. The van der Waals surface area contributed by atoms with Crippen LogP contribution < -0.4 is 15.4 Å². The van der Waals surface area contributed by atoms with E-state index in [9.17, 15) is 4.79 Å². The van der Waals surface area contributed by atoms with E-state index in [4.69, 9.17) is 9.47 Å². The van der Waals surface area contributed by atoms with E-state index in [0.29, 0.717) is 31.1 Å². The molecule has 1 aromatic rings. The van der Waals surface area contributed by atoms with Crippen LogP contribution in [0.5, 0.6) is 5.75 Å². The fraction of sp³-hybridized carbons (Fsp3) is 0.650. The fourth-order valence-corrected chi connectivity index (χ4v) is 4.77. The van der Waals surface area contributed by atoms with Crippen LogP contribution in [-0.2, 0) is 16.0 Å². The number of carbonyl (C=O) groups excluding carboxylic acids is 1. The maximum Gasteiger partial charge on any atom is 0.224 e. The standard InChI is InChI=1S/C20H28N2O3/c1-20(2)18(15-4-3-10-25-19(15)20)21-9-11-24-14-6-7-16-13(12-14)5-8-17(23)22-16/h6-7,12,15,18-19,21H,3-5,8-11H2,1-2H3,(H,22,23). The van der Waals surface area contributed by atoms with E-state index >= 15 is 0 Å². The molecule has 5 heteroatoms. The smallest absolute Gasteiger partial charge is 0.224 e. The number of amides is 1. The molecule has 1 saturated heterocycles. The summed E-state index contributed by atoms with van der Waals surface area (Å²) in [5.41, 5.74) is 2.28. The predicted octanol–water partition coefficient (Wildman–Crippen LogP) is 2.74. The van der Waals surface area contributed by atoms with Crippen molar-refractivity contribution in [3.05, 3.63) is 23.8 Å². The minimum Gasteiger partial charge on any atom is -0.492 e. The lowest BCUT2D eigenvalue weighted by Gasteiger charge is -2.60. The lowest BCUT2D eigenvalue weighted by molar-refractivity contribution is -0.192. The number of hydrogen-bond acceptors (Lipinski definition) is 4. The summed E-state index contributed by atoms with van der Waals surface area (Å²) in [7, 11) is 0. The Bertz CT molecular complexity index is 658. The topological polar surface area (TPSA) is 59.6 Å². The highest BCUT2D eigenvalue weighted by molar-refractivity contribution is 5.93. The van der Waals surface area contributed by atoms with Gasteiger partial charge in [-0.25, -0.2) is 0 Å². The highest BCUT2D eigenvalue weighted by Crippen LogP contribution is 2.51. The molecule has 0 aromatic heterocycles. The van der Waals surface area contributed by atoms with Crippen LogP contribution >= 0.6 is 0 Å². The molecule has 0 radical (unpaired) electrons. The van der Waals surface area contributed by atoms with Crippen molar-refractivity contribution >= 4 is 11.6 Å². The second-order valence-corrected chi connectivity index (χ2v) is 8.07.